The van der Waals surface area contributed by atoms with Gasteiger partial charge in [-0.05, 0) is 51.5 Å². The number of aryl methyl sites for hydroxylation is 1. The molecule has 3 N–H and O–H groups in total. The van der Waals surface area contributed by atoms with Gasteiger partial charge in [-0.1, -0.05) is 18.2 Å². The van der Waals surface area contributed by atoms with Crippen molar-refractivity contribution in [2.45, 2.75) is 57.2 Å². The summed E-state index contributed by atoms with van der Waals surface area (Å²) in [6, 6.07) is 8.74. The molecule has 2 aromatic rings. The number of amides is 2. The molecule has 7 heteroatoms. The van der Waals surface area contributed by atoms with E-state index in [-0.39, 0.29) is 18.4 Å². The van der Waals surface area contributed by atoms with Gasteiger partial charge in [-0.25, -0.2) is 0 Å². The molecular weight excluding hydrogens is 392 g/mol. The lowest BCUT2D eigenvalue weighted by atomic mass is 9.90. The third-order valence-electron chi connectivity index (χ3n) is 6.87. The van der Waals surface area contributed by atoms with Crippen LogP contribution in [0.25, 0.3) is 10.9 Å². The van der Waals surface area contributed by atoms with Crippen LogP contribution < -0.4 is 10.6 Å². The normalized spacial score (nSPS) is 23.8. The number of hydrogen-bond donors (Lipinski definition) is 3. The lowest BCUT2D eigenvalue weighted by Crippen LogP contribution is -2.53. The van der Waals surface area contributed by atoms with Crippen LogP contribution in [0.4, 0.5) is 0 Å². The molecule has 1 aromatic carbocycles. The Kier molecular flexibility index (Phi) is 6.08. The topological polar surface area (TPSA) is 86.6 Å². The summed E-state index contributed by atoms with van der Waals surface area (Å²) in [5, 5.41) is 16.4. The largest absolute Gasteiger partial charge is 0.394 e. The number of fused-ring (bicyclic) bond motifs is 3. The number of para-hydroxylation sites is 1. The van der Waals surface area contributed by atoms with Crippen molar-refractivity contribution < 1.29 is 14.7 Å². The first kappa shape index (κ1) is 21.8. The molecule has 2 aliphatic rings. The van der Waals surface area contributed by atoms with Crippen molar-refractivity contribution in [2.24, 2.45) is 13.0 Å². The minimum Gasteiger partial charge on any atom is -0.394 e. The lowest BCUT2D eigenvalue weighted by molar-refractivity contribution is -0.125. The van der Waals surface area contributed by atoms with Crippen LogP contribution in [-0.2, 0) is 11.8 Å². The number of benzene rings is 1. The minimum atomic E-state index is -0.597. The molecule has 2 aliphatic heterocycles. The fourth-order valence-electron chi connectivity index (χ4n) is 5.29. The van der Waals surface area contributed by atoms with Crippen LogP contribution in [0, 0.1) is 5.92 Å². The van der Waals surface area contributed by atoms with Gasteiger partial charge in [0.2, 0.25) is 5.91 Å². The van der Waals surface area contributed by atoms with E-state index < -0.39 is 5.54 Å². The molecule has 0 aliphatic carbocycles. The standard InChI is InChI=1S/C24H34N4O3/c1-24(2,15-29)26-22(30)14-28-17-8-9-18(28)11-16(10-17)12-25-23(31)20-13-27(3)21-7-5-4-6-19(20)21/h4-7,13,16-18,29H,8-12,14-15H2,1-3H3,(H,25,31)(H,26,30)/t16?,17-,18+. The van der Waals surface area contributed by atoms with Crippen molar-refractivity contribution in [3.63, 3.8) is 0 Å². The zero-order valence-electron chi connectivity index (χ0n) is 18.7. The van der Waals surface area contributed by atoms with Gasteiger partial charge in [0.25, 0.3) is 5.91 Å². The second kappa shape index (κ2) is 8.63. The highest BCUT2D eigenvalue weighted by atomic mass is 16.3. The fraction of sp³-hybridized carbons (Fsp3) is 0.583. The number of carbonyl (C=O) groups is 2. The molecule has 2 fully saturated rings. The summed E-state index contributed by atoms with van der Waals surface area (Å²) in [4.78, 5) is 27.6. The summed E-state index contributed by atoms with van der Waals surface area (Å²) in [6.07, 6.45) is 6.12. The van der Waals surface area contributed by atoms with Crippen LogP contribution in [0.15, 0.2) is 30.5 Å². The summed E-state index contributed by atoms with van der Waals surface area (Å²) in [5.41, 5.74) is 1.18. The first-order valence-corrected chi connectivity index (χ1v) is 11.3. The van der Waals surface area contributed by atoms with Gasteiger partial charge in [0.05, 0.1) is 24.3 Å². The lowest BCUT2D eigenvalue weighted by Gasteiger charge is -2.39. The molecule has 168 valence electrons. The number of aliphatic hydroxyl groups excluding tert-OH is 1. The molecule has 1 unspecified atom stereocenters. The summed E-state index contributed by atoms with van der Waals surface area (Å²) in [7, 11) is 1.96. The molecule has 2 amide bonds. The van der Waals surface area contributed by atoms with Crippen LogP contribution in [0.3, 0.4) is 0 Å². The predicted octanol–water partition coefficient (Wildman–Crippen LogP) is 2.04. The SMILES string of the molecule is Cn1cc(C(=O)NCC2C[C@H]3CC[C@@H](C2)N3CC(=O)NC(C)(C)CO)c2ccccc21. The number of aliphatic hydroxyl groups is 1. The van der Waals surface area contributed by atoms with E-state index in [1.54, 1.807) is 0 Å². The van der Waals surface area contributed by atoms with Gasteiger partial charge in [-0.2, -0.15) is 0 Å². The Bertz CT molecular complexity index is 953. The zero-order chi connectivity index (χ0) is 22.2. The van der Waals surface area contributed by atoms with Gasteiger partial charge in [-0.3, -0.25) is 14.5 Å². The summed E-state index contributed by atoms with van der Waals surface area (Å²) in [6.45, 7) is 4.62. The van der Waals surface area contributed by atoms with Crippen molar-refractivity contribution >= 4 is 22.7 Å². The van der Waals surface area contributed by atoms with Crippen LogP contribution >= 0.6 is 0 Å². The number of piperidine rings is 1. The maximum absolute atomic E-state index is 12.9. The second-order valence-corrected chi connectivity index (χ2v) is 9.87. The maximum atomic E-state index is 12.9. The predicted molar refractivity (Wildman–Crippen MR) is 121 cm³/mol. The molecule has 1 aromatic heterocycles. The summed E-state index contributed by atoms with van der Waals surface area (Å²) in [5.74, 6) is 0.389. The Morgan fingerprint density at radius 3 is 2.52 bits per heavy atom. The van der Waals surface area contributed by atoms with Gasteiger partial charge >= 0.3 is 0 Å². The molecule has 3 atom stereocenters. The first-order valence-electron chi connectivity index (χ1n) is 11.3. The van der Waals surface area contributed by atoms with E-state index >= 15 is 0 Å². The molecule has 0 spiro atoms. The number of nitrogens with one attached hydrogen (secondary N) is 2. The van der Waals surface area contributed by atoms with Crippen LogP contribution in [-0.4, -0.2) is 63.7 Å². The van der Waals surface area contributed by atoms with E-state index in [9.17, 15) is 14.7 Å². The van der Waals surface area contributed by atoms with E-state index in [1.807, 2.05) is 55.9 Å². The van der Waals surface area contributed by atoms with Crippen LogP contribution in [0.1, 0.15) is 49.9 Å². The third-order valence-corrected chi connectivity index (χ3v) is 6.87. The van der Waals surface area contributed by atoms with Crippen molar-refractivity contribution in [3.8, 4) is 0 Å². The van der Waals surface area contributed by atoms with E-state index in [0.29, 0.717) is 31.1 Å². The molecule has 0 radical (unpaired) electrons. The molecule has 4 rings (SSSR count). The molecule has 0 saturated carbocycles. The van der Waals surface area contributed by atoms with Crippen molar-refractivity contribution in [2.75, 3.05) is 19.7 Å². The van der Waals surface area contributed by atoms with Crippen molar-refractivity contribution in [1.82, 2.24) is 20.1 Å². The Morgan fingerprint density at radius 1 is 1.16 bits per heavy atom. The number of nitrogens with zero attached hydrogens (tertiary/aromatic N) is 2. The Labute approximate surface area is 183 Å². The van der Waals surface area contributed by atoms with Crippen LogP contribution in [0.2, 0.25) is 0 Å². The average Bonchev–Trinajstić information content (AvgIpc) is 3.18. The molecular formula is C24H34N4O3. The highest BCUT2D eigenvalue weighted by molar-refractivity contribution is 6.06. The Morgan fingerprint density at radius 2 is 1.84 bits per heavy atom. The highest BCUT2D eigenvalue weighted by Gasteiger charge is 2.41. The first-order chi connectivity index (χ1) is 14.8. The van der Waals surface area contributed by atoms with Gasteiger partial charge in [0, 0.05) is 42.8 Å². The summed E-state index contributed by atoms with van der Waals surface area (Å²) >= 11 is 0. The number of aromatic nitrogens is 1. The Balaban J connectivity index is 1.32. The molecule has 2 saturated heterocycles. The van der Waals surface area contributed by atoms with Gasteiger partial charge in [0.15, 0.2) is 0 Å². The van der Waals surface area contributed by atoms with Crippen molar-refractivity contribution in [3.05, 3.63) is 36.0 Å². The second-order valence-electron chi connectivity index (χ2n) is 9.87. The third kappa shape index (κ3) is 4.62. The van der Waals surface area contributed by atoms with Gasteiger partial charge < -0.3 is 20.3 Å². The van der Waals surface area contributed by atoms with Gasteiger partial charge in [0.1, 0.15) is 0 Å². The molecule has 7 nitrogen and oxygen atoms in total. The van der Waals surface area contributed by atoms with Crippen LogP contribution in [0.5, 0.6) is 0 Å². The molecule has 3 heterocycles. The van der Waals surface area contributed by atoms with E-state index in [2.05, 4.69) is 15.5 Å². The quantitative estimate of drug-likeness (QED) is 0.632. The van der Waals surface area contributed by atoms with Gasteiger partial charge in [-0.15, -0.1) is 0 Å². The molecule has 31 heavy (non-hydrogen) atoms. The zero-order valence-corrected chi connectivity index (χ0v) is 18.7. The maximum Gasteiger partial charge on any atom is 0.253 e. The average molecular weight is 427 g/mol. The number of rotatable bonds is 7. The summed E-state index contributed by atoms with van der Waals surface area (Å²) < 4.78 is 1.99. The number of carbonyl (C=O) groups excluding carboxylic acids is 2. The monoisotopic (exact) mass is 426 g/mol. The Hall–Kier alpha value is -2.38. The highest BCUT2D eigenvalue weighted by Crippen LogP contribution is 2.38. The van der Waals surface area contributed by atoms with E-state index in [0.717, 1.165) is 42.1 Å². The smallest absolute Gasteiger partial charge is 0.253 e. The fourth-order valence-corrected chi connectivity index (χ4v) is 5.29. The van der Waals surface area contributed by atoms with Crippen molar-refractivity contribution in [1.29, 1.82) is 0 Å². The van der Waals surface area contributed by atoms with E-state index in [1.165, 1.54) is 0 Å². The van der Waals surface area contributed by atoms with E-state index in [4.69, 9.17) is 0 Å². The number of hydrogen-bond acceptors (Lipinski definition) is 4. The minimum absolute atomic E-state index is 0.0165. The molecule has 2 bridgehead atoms.